The van der Waals surface area contributed by atoms with Crippen molar-refractivity contribution in [2.45, 2.75) is 39.5 Å². The fourth-order valence-corrected chi connectivity index (χ4v) is 4.29. The van der Waals surface area contributed by atoms with Gasteiger partial charge in [-0.15, -0.1) is 0 Å². The minimum atomic E-state index is -0.467. The topological polar surface area (TPSA) is 82.3 Å². The molecule has 1 aliphatic carbocycles. The smallest absolute Gasteiger partial charge is 0.172 e. The average molecular weight is 417 g/mol. The van der Waals surface area contributed by atoms with E-state index in [0.717, 1.165) is 23.4 Å². The van der Waals surface area contributed by atoms with Crippen LogP contribution in [-0.4, -0.2) is 18.0 Å². The largest absolute Gasteiger partial charge is 0.503 e. The van der Waals surface area contributed by atoms with E-state index in [0.29, 0.717) is 27.8 Å². The van der Waals surface area contributed by atoms with Crippen LogP contribution in [0.1, 0.15) is 45.1 Å². The molecule has 2 N–H and O–H groups in total. The van der Waals surface area contributed by atoms with E-state index >= 15 is 0 Å². The Hall–Kier alpha value is -2.26. The van der Waals surface area contributed by atoms with E-state index in [9.17, 15) is 15.2 Å². The molecule has 6 heteroatoms. The van der Waals surface area contributed by atoms with Gasteiger partial charge in [-0.2, -0.15) is 5.26 Å². The minimum Gasteiger partial charge on any atom is -0.503 e. The quantitative estimate of drug-likeness (QED) is 0.750. The highest BCUT2D eigenvalue weighted by Gasteiger charge is 2.41. The van der Waals surface area contributed by atoms with E-state index in [1.54, 1.807) is 12.1 Å². The third-order valence-corrected chi connectivity index (χ3v) is 5.57. The summed E-state index contributed by atoms with van der Waals surface area (Å²) < 4.78 is 5.72. The number of rotatable bonds is 2. The summed E-state index contributed by atoms with van der Waals surface area (Å²) in [6.07, 6.45) is 1.19. The number of hydrogen-bond donors (Lipinski definition) is 2. The summed E-state index contributed by atoms with van der Waals surface area (Å²) in [5, 5.41) is 23.1. The van der Waals surface area contributed by atoms with E-state index in [-0.39, 0.29) is 16.9 Å². The fraction of sp³-hybridized carbons (Fsp3) is 0.400. The summed E-state index contributed by atoms with van der Waals surface area (Å²) in [7, 11) is 1.47. The van der Waals surface area contributed by atoms with Crippen molar-refractivity contribution >= 4 is 21.7 Å². The van der Waals surface area contributed by atoms with E-state index < -0.39 is 5.92 Å². The SMILES string of the molecule is COc1cc(C2C(C#N)=C(C)NC3=C2C(=O)CC(C)(C)C3)cc(Br)c1O. The second-order valence-electron chi connectivity index (χ2n) is 7.60. The van der Waals surface area contributed by atoms with Crippen molar-refractivity contribution in [3.8, 4) is 17.6 Å². The molecule has 0 fully saturated rings. The van der Waals surface area contributed by atoms with Crippen LogP contribution in [0.25, 0.3) is 0 Å². The van der Waals surface area contributed by atoms with Gasteiger partial charge in [-0.05, 0) is 52.4 Å². The molecule has 5 nitrogen and oxygen atoms in total. The third-order valence-electron chi connectivity index (χ3n) is 4.96. The molecular weight excluding hydrogens is 396 g/mol. The Morgan fingerprint density at radius 1 is 1.38 bits per heavy atom. The number of nitriles is 1. The number of ketones is 1. The van der Waals surface area contributed by atoms with Gasteiger partial charge in [-0.25, -0.2) is 0 Å². The molecule has 3 rings (SSSR count). The maximum Gasteiger partial charge on any atom is 0.172 e. The number of halogens is 1. The number of benzene rings is 1. The molecule has 1 aromatic rings. The lowest BCUT2D eigenvalue weighted by Crippen LogP contribution is -2.36. The van der Waals surface area contributed by atoms with Crippen LogP contribution < -0.4 is 10.1 Å². The zero-order chi connectivity index (χ0) is 19.2. The van der Waals surface area contributed by atoms with E-state index in [4.69, 9.17) is 4.74 Å². The number of aromatic hydroxyl groups is 1. The number of carbonyl (C=O) groups excluding carboxylic acids is 1. The second kappa shape index (κ2) is 6.48. The molecular formula is C20H21BrN2O3. The lowest BCUT2D eigenvalue weighted by Gasteiger charge is -2.38. The number of Topliss-reactive ketones (excluding diaryl/α,β-unsaturated/α-hetero) is 1. The molecule has 1 aliphatic heterocycles. The van der Waals surface area contributed by atoms with Gasteiger partial charge in [-0.1, -0.05) is 13.8 Å². The highest BCUT2D eigenvalue weighted by Crippen LogP contribution is 2.48. The molecule has 1 unspecified atom stereocenters. The Bertz CT molecular complexity index is 906. The van der Waals surface area contributed by atoms with Crippen LogP contribution in [-0.2, 0) is 4.79 Å². The molecule has 1 atom stereocenters. The normalized spacial score (nSPS) is 21.8. The van der Waals surface area contributed by atoms with Crippen molar-refractivity contribution in [3.05, 3.63) is 44.7 Å². The van der Waals surface area contributed by atoms with E-state index in [2.05, 4.69) is 41.2 Å². The fourth-order valence-electron chi connectivity index (χ4n) is 3.83. The highest BCUT2D eigenvalue weighted by atomic mass is 79.9. The summed E-state index contributed by atoms with van der Waals surface area (Å²) in [6, 6.07) is 5.70. The van der Waals surface area contributed by atoms with Crippen molar-refractivity contribution in [2.75, 3.05) is 7.11 Å². The van der Waals surface area contributed by atoms with Crippen LogP contribution >= 0.6 is 15.9 Å². The first-order chi connectivity index (χ1) is 12.2. The van der Waals surface area contributed by atoms with Crippen LogP contribution in [0, 0.1) is 16.7 Å². The van der Waals surface area contributed by atoms with Crippen molar-refractivity contribution in [1.82, 2.24) is 5.32 Å². The van der Waals surface area contributed by atoms with Gasteiger partial charge in [0.25, 0.3) is 0 Å². The van der Waals surface area contributed by atoms with Crippen LogP contribution in [0.4, 0.5) is 0 Å². The summed E-state index contributed by atoms with van der Waals surface area (Å²) in [6.45, 7) is 6.00. The number of dihydropyridines is 1. The standard InChI is InChI=1S/C20H21BrN2O3/c1-10-12(9-22)17(11-5-13(21)19(25)16(6-11)26-4)18-14(23-10)7-20(2,3)8-15(18)24/h5-6,17,23,25H,7-8H2,1-4H3. The van der Waals surface area contributed by atoms with E-state index in [1.165, 1.54) is 7.11 Å². The molecule has 0 aromatic heterocycles. The molecule has 0 spiro atoms. The Balaban J connectivity index is 2.24. The van der Waals surface area contributed by atoms with Gasteiger partial charge in [0.1, 0.15) is 0 Å². The maximum absolute atomic E-state index is 13.0. The average Bonchev–Trinajstić information content (AvgIpc) is 2.54. The monoisotopic (exact) mass is 416 g/mol. The number of phenols is 1. The van der Waals surface area contributed by atoms with Gasteiger partial charge in [0, 0.05) is 23.4 Å². The Morgan fingerprint density at radius 3 is 2.69 bits per heavy atom. The molecule has 26 heavy (non-hydrogen) atoms. The number of ether oxygens (including phenoxy) is 1. The van der Waals surface area contributed by atoms with Gasteiger partial charge in [0.2, 0.25) is 0 Å². The zero-order valence-corrected chi connectivity index (χ0v) is 16.8. The molecule has 0 saturated carbocycles. The highest BCUT2D eigenvalue weighted by molar-refractivity contribution is 9.10. The number of nitrogens with zero attached hydrogens (tertiary/aromatic N) is 1. The van der Waals surface area contributed by atoms with Crippen molar-refractivity contribution < 1.29 is 14.6 Å². The van der Waals surface area contributed by atoms with Gasteiger partial charge in [0.05, 0.1) is 29.1 Å². The van der Waals surface area contributed by atoms with Gasteiger partial charge < -0.3 is 15.2 Å². The lowest BCUT2D eigenvalue weighted by atomic mass is 9.69. The summed E-state index contributed by atoms with van der Waals surface area (Å²) in [4.78, 5) is 13.0. The molecule has 1 heterocycles. The van der Waals surface area contributed by atoms with Crippen LogP contribution in [0.5, 0.6) is 11.5 Å². The molecule has 0 bridgehead atoms. The number of methoxy groups -OCH3 is 1. The minimum absolute atomic E-state index is 0.00491. The Kier molecular flexibility index (Phi) is 4.61. The molecule has 1 aromatic carbocycles. The molecule has 0 amide bonds. The molecule has 0 saturated heterocycles. The second-order valence-corrected chi connectivity index (χ2v) is 8.45. The van der Waals surface area contributed by atoms with Crippen LogP contribution in [0.15, 0.2) is 39.1 Å². The number of phenolic OH excluding ortho intramolecular Hbond substituents is 1. The zero-order valence-electron chi connectivity index (χ0n) is 15.2. The Morgan fingerprint density at radius 2 is 2.08 bits per heavy atom. The van der Waals surface area contributed by atoms with Gasteiger partial charge in [0.15, 0.2) is 17.3 Å². The molecule has 2 aliphatic rings. The van der Waals surface area contributed by atoms with Gasteiger partial charge in [-0.3, -0.25) is 4.79 Å². The first-order valence-corrected chi connectivity index (χ1v) is 9.18. The first kappa shape index (κ1) is 18.5. The van der Waals surface area contributed by atoms with Gasteiger partial charge >= 0.3 is 0 Å². The summed E-state index contributed by atoms with van der Waals surface area (Å²) in [5.74, 6) is -0.119. The maximum atomic E-state index is 13.0. The van der Waals surface area contributed by atoms with Crippen molar-refractivity contribution in [3.63, 3.8) is 0 Å². The van der Waals surface area contributed by atoms with Crippen LogP contribution in [0.2, 0.25) is 0 Å². The Labute approximate surface area is 161 Å². The number of nitrogens with one attached hydrogen (secondary N) is 1. The third kappa shape index (κ3) is 3.01. The lowest BCUT2D eigenvalue weighted by molar-refractivity contribution is -0.118. The van der Waals surface area contributed by atoms with E-state index in [1.807, 2.05) is 6.92 Å². The van der Waals surface area contributed by atoms with Crippen molar-refractivity contribution in [1.29, 1.82) is 5.26 Å². The predicted octanol–water partition coefficient (Wildman–Crippen LogP) is 4.29. The number of allylic oxidation sites excluding steroid dienone is 4. The summed E-state index contributed by atoms with van der Waals surface area (Å²) in [5.41, 5.74) is 3.42. The molecule has 0 radical (unpaired) electrons. The predicted molar refractivity (Wildman–Crippen MR) is 102 cm³/mol. The first-order valence-electron chi connectivity index (χ1n) is 8.39. The molecule has 136 valence electrons. The van der Waals surface area contributed by atoms with Crippen molar-refractivity contribution in [2.24, 2.45) is 5.41 Å². The number of hydrogen-bond acceptors (Lipinski definition) is 5. The number of carbonyl (C=O) groups is 1. The van der Waals surface area contributed by atoms with Crippen LogP contribution in [0.3, 0.4) is 0 Å². The summed E-state index contributed by atoms with van der Waals surface area (Å²) >= 11 is 3.34.